The molecule has 1 atom stereocenters. The highest BCUT2D eigenvalue weighted by atomic mass is 16.5. The zero-order chi connectivity index (χ0) is 13.0. The Bertz CT molecular complexity index is 389. The predicted octanol–water partition coefficient (Wildman–Crippen LogP) is 1.71. The van der Waals surface area contributed by atoms with E-state index >= 15 is 0 Å². The highest BCUT2D eigenvalue weighted by Gasteiger charge is 2.13. The summed E-state index contributed by atoms with van der Waals surface area (Å²) in [5.74, 6) is 0. The zero-order valence-electron chi connectivity index (χ0n) is 11.3. The number of nitrogens with two attached hydrogens (primary N) is 1. The van der Waals surface area contributed by atoms with Crippen LogP contribution in [0.4, 0.5) is 11.4 Å². The molecule has 0 aliphatic carbocycles. The van der Waals surface area contributed by atoms with Crippen molar-refractivity contribution >= 4 is 11.4 Å². The van der Waals surface area contributed by atoms with Crippen molar-refractivity contribution in [1.29, 1.82) is 0 Å². The number of anilines is 2. The summed E-state index contributed by atoms with van der Waals surface area (Å²) in [4.78, 5) is 2.43. The van der Waals surface area contributed by atoms with Gasteiger partial charge in [0.1, 0.15) is 0 Å². The van der Waals surface area contributed by atoms with Gasteiger partial charge in [-0.25, -0.2) is 0 Å². The number of nitrogen functional groups attached to an aromatic ring is 1. The maximum absolute atomic E-state index is 5.91. The van der Waals surface area contributed by atoms with Crippen molar-refractivity contribution in [3.63, 3.8) is 0 Å². The Morgan fingerprint density at radius 3 is 2.78 bits per heavy atom. The molecule has 4 heteroatoms. The van der Waals surface area contributed by atoms with Crippen LogP contribution in [-0.2, 0) is 4.74 Å². The molecule has 4 nitrogen and oxygen atoms in total. The minimum absolute atomic E-state index is 0.408. The van der Waals surface area contributed by atoms with Crippen molar-refractivity contribution in [3.05, 3.63) is 23.8 Å². The van der Waals surface area contributed by atoms with Gasteiger partial charge in [0.25, 0.3) is 0 Å². The molecular formula is C14H23N3O. The Hall–Kier alpha value is -1.26. The quantitative estimate of drug-likeness (QED) is 0.798. The van der Waals surface area contributed by atoms with E-state index in [4.69, 9.17) is 10.5 Å². The van der Waals surface area contributed by atoms with E-state index in [0.29, 0.717) is 6.04 Å². The SMILES string of the molecule is Cc1ccc(NC(C)CN2CCOCC2)cc1N. The summed E-state index contributed by atoms with van der Waals surface area (Å²) in [6.07, 6.45) is 0. The van der Waals surface area contributed by atoms with Gasteiger partial charge in [-0.3, -0.25) is 4.90 Å². The van der Waals surface area contributed by atoms with Crippen molar-refractivity contribution < 1.29 is 4.74 Å². The first-order valence-corrected chi connectivity index (χ1v) is 6.58. The van der Waals surface area contributed by atoms with Crippen LogP contribution in [0.25, 0.3) is 0 Å². The number of morpholine rings is 1. The van der Waals surface area contributed by atoms with E-state index in [1.165, 1.54) is 0 Å². The second kappa shape index (κ2) is 6.07. The normalized spacial score (nSPS) is 18.6. The molecule has 1 aliphatic rings. The fourth-order valence-corrected chi connectivity index (χ4v) is 2.23. The highest BCUT2D eigenvalue weighted by molar-refractivity contribution is 5.58. The first-order valence-electron chi connectivity index (χ1n) is 6.58. The number of nitrogens with one attached hydrogen (secondary N) is 1. The van der Waals surface area contributed by atoms with Crippen LogP contribution in [0, 0.1) is 6.92 Å². The van der Waals surface area contributed by atoms with E-state index in [0.717, 1.165) is 49.8 Å². The summed E-state index contributed by atoms with van der Waals surface area (Å²) in [7, 11) is 0. The van der Waals surface area contributed by atoms with E-state index in [-0.39, 0.29) is 0 Å². The van der Waals surface area contributed by atoms with Crippen LogP contribution in [0.1, 0.15) is 12.5 Å². The molecule has 1 unspecified atom stereocenters. The molecule has 0 saturated carbocycles. The molecule has 1 fully saturated rings. The van der Waals surface area contributed by atoms with Crippen LogP contribution in [-0.4, -0.2) is 43.8 Å². The summed E-state index contributed by atoms with van der Waals surface area (Å²) in [6.45, 7) is 9.03. The topological polar surface area (TPSA) is 50.5 Å². The van der Waals surface area contributed by atoms with E-state index in [2.05, 4.69) is 29.3 Å². The third kappa shape index (κ3) is 3.62. The lowest BCUT2D eigenvalue weighted by Crippen LogP contribution is -2.42. The molecule has 0 spiro atoms. The van der Waals surface area contributed by atoms with E-state index < -0.39 is 0 Å². The number of ether oxygens (including phenoxy) is 1. The molecule has 1 saturated heterocycles. The zero-order valence-corrected chi connectivity index (χ0v) is 11.3. The minimum Gasteiger partial charge on any atom is -0.398 e. The Kier molecular flexibility index (Phi) is 4.44. The first-order chi connectivity index (χ1) is 8.65. The molecule has 1 aliphatic heterocycles. The monoisotopic (exact) mass is 249 g/mol. The second-order valence-corrected chi connectivity index (χ2v) is 5.03. The Labute approximate surface area is 109 Å². The Morgan fingerprint density at radius 2 is 2.11 bits per heavy atom. The lowest BCUT2D eigenvalue weighted by Gasteiger charge is -2.29. The highest BCUT2D eigenvalue weighted by Crippen LogP contribution is 2.17. The van der Waals surface area contributed by atoms with Gasteiger partial charge in [-0.05, 0) is 31.5 Å². The van der Waals surface area contributed by atoms with E-state index in [9.17, 15) is 0 Å². The molecular weight excluding hydrogens is 226 g/mol. The number of hydrogen-bond donors (Lipinski definition) is 2. The smallest absolute Gasteiger partial charge is 0.0594 e. The predicted molar refractivity (Wildman–Crippen MR) is 75.9 cm³/mol. The maximum Gasteiger partial charge on any atom is 0.0594 e. The number of aryl methyl sites for hydroxylation is 1. The van der Waals surface area contributed by atoms with Gasteiger partial charge < -0.3 is 15.8 Å². The summed E-state index contributed by atoms with van der Waals surface area (Å²) < 4.78 is 5.35. The molecule has 0 aromatic heterocycles. The molecule has 100 valence electrons. The number of rotatable bonds is 4. The molecule has 1 aromatic carbocycles. The average molecular weight is 249 g/mol. The molecule has 3 N–H and O–H groups in total. The first kappa shape index (κ1) is 13.2. The molecule has 0 amide bonds. The van der Waals surface area contributed by atoms with Gasteiger partial charge in [0.15, 0.2) is 0 Å². The van der Waals surface area contributed by atoms with E-state index in [1.54, 1.807) is 0 Å². The van der Waals surface area contributed by atoms with Crippen LogP contribution in [0.15, 0.2) is 18.2 Å². The van der Waals surface area contributed by atoms with Gasteiger partial charge in [-0.2, -0.15) is 0 Å². The number of nitrogens with zero attached hydrogens (tertiary/aromatic N) is 1. The standard InChI is InChI=1S/C14H23N3O/c1-11-3-4-13(9-14(11)15)16-12(2)10-17-5-7-18-8-6-17/h3-4,9,12,16H,5-8,10,15H2,1-2H3. The van der Waals surface area contributed by atoms with E-state index in [1.807, 2.05) is 13.0 Å². The maximum atomic E-state index is 5.91. The molecule has 1 aromatic rings. The third-order valence-corrected chi connectivity index (χ3v) is 3.33. The van der Waals surface area contributed by atoms with Crippen LogP contribution in [0.5, 0.6) is 0 Å². The summed E-state index contributed by atoms with van der Waals surface area (Å²) in [6, 6.07) is 6.55. The average Bonchev–Trinajstić information content (AvgIpc) is 2.35. The lowest BCUT2D eigenvalue weighted by molar-refractivity contribution is 0.0368. The van der Waals surface area contributed by atoms with Gasteiger partial charge in [0, 0.05) is 37.1 Å². The largest absolute Gasteiger partial charge is 0.398 e. The van der Waals surface area contributed by atoms with Crippen molar-refractivity contribution in [1.82, 2.24) is 4.90 Å². The van der Waals surface area contributed by atoms with Crippen LogP contribution in [0.2, 0.25) is 0 Å². The summed E-state index contributed by atoms with van der Waals surface area (Å²) in [5.41, 5.74) is 8.98. The summed E-state index contributed by atoms with van der Waals surface area (Å²) in [5, 5.41) is 3.49. The second-order valence-electron chi connectivity index (χ2n) is 5.03. The Morgan fingerprint density at radius 1 is 1.39 bits per heavy atom. The molecule has 18 heavy (non-hydrogen) atoms. The number of hydrogen-bond acceptors (Lipinski definition) is 4. The van der Waals surface area contributed by atoms with Gasteiger partial charge in [-0.15, -0.1) is 0 Å². The lowest BCUT2D eigenvalue weighted by atomic mass is 10.1. The van der Waals surface area contributed by atoms with Crippen molar-refractivity contribution in [2.24, 2.45) is 0 Å². The van der Waals surface area contributed by atoms with Gasteiger partial charge in [0.2, 0.25) is 0 Å². The Balaban J connectivity index is 1.85. The van der Waals surface area contributed by atoms with Crippen LogP contribution in [0.3, 0.4) is 0 Å². The number of benzene rings is 1. The fraction of sp³-hybridized carbons (Fsp3) is 0.571. The van der Waals surface area contributed by atoms with Crippen LogP contribution < -0.4 is 11.1 Å². The molecule has 0 radical (unpaired) electrons. The molecule has 2 rings (SSSR count). The van der Waals surface area contributed by atoms with Crippen molar-refractivity contribution in [2.75, 3.05) is 43.9 Å². The molecule has 0 bridgehead atoms. The van der Waals surface area contributed by atoms with Gasteiger partial charge >= 0.3 is 0 Å². The fourth-order valence-electron chi connectivity index (χ4n) is 2.23. The van der Waals surface area contributed by atoms with Gasteiger partial charge in [0.05, 0.1) is 13.2 Å². The van der Waals surface area contributed by atoms with Crippen LogP contribution >= 0.6 is 0 Å². The summed E-state index contributed by atoms with van der Waals surface area (Å²) >= 11 is 0. The third-order valence-electron chi connectivity index (χ3n) is 3.33. The minimum atomic E-state index is 0.408. The van der Waals surface area contributed by atoms with Gasteiger partial charge in [-0.1, -0.05) is 6.07 Å². The molecule has 1 heterocycles. The van der Waals surface area contributed by atoms with Crippen molar-refractivity contribution in [3.8, 4) is 0 Å². The van der Waals surface area contributed by atoms with Crippen molar-refractivity contribution in [2.45, 2.75) is 19.9 Å².